The van der Waals surface area contributed by atoms with Crippen molar-refractivity contribution < 1.29 is 14.3 Å². The van der Waals surface area contributed by atoms with Crippen LogP contribution in [-0.2, 0) is 9.59 Å². The zero-order valence-corrected chi connectivity index (χ0v) is 19.0. The largest absolute Gasteiger partial charge is 0.497 e. The van der Waals surface area contributed by atoms with Gasteiger partial charge in [0.25, 0.3) is 0 Å². The number of ether oxygens (including phenoxy) is 1. The summed E-state index contributed by atoms with van der Waals surface area (Å²) in [7, 11) is 1.65. The molecule has 1 saturated heterocycles. The number of aromatic nitrogens is 1. The number of pyridine rings is 1. The van der Waals surface area contributed by atoms with E-state index < -0.39 is 5.66 Å². The highest BCUT2D eigenvalue weighted by Crippen LogP contribution is 2.28. The molecule has 2 aromatic rings. The van der Waals surface area contributed by atoms with E-state index in [1.165, 1.54) is 0 Å². The predicted octanol–water partition coefficient (Wildman–Crippen LogP) is 2.50. The molecular formula is C23H33N5O3. The Morgan fingerprint density at radius 3 is 2.84 bits per heavy atom. The molecule has 1 aliphatic heterocycles. The van der Waals surface area contributed by atoms with Gasteiger partial charge in [0.15, 0.2) is 0 Å². The molecule has 0 aliphatic carbocycles. The second-order valence-corrected chi connectivity index (χ2v) is 8.64. The van der Waals surface area contributed by atoms with Crippen molar-refractivity contribution in [2.45, 2.75) is 58.3 Å². The quantitative estimate of drug-likeness (QED) is 0.532. The molecule has 0 radical (unpaired) electrons. The van der Waals surface area contributed by atoms with Gasteiger partial charge in [-0.15, -0.1) is 0 Å². The third kappa shape index (κ3) is 5.44. The second-order valence-electron chi connectivity index (χ2n) is 8.64. The van der Waals surface area contributed by atoms with Gasteiger partial charge in [-0.3, -0.25) is 19.9 Å². The molecule has 1 fully saturated rings. The lowest BCUT2D eigenvalue weighted by Gasteiger charge is -2.30. The van der Waals surface area contributed by atoms with Gasteiger partial charge in [-0.2, -0.15) is 0 Å². The molecule has 2 heterocycles. The van der Waals surface area contributed by atoms with E-state index in [1.807, 2.05) is 45.0 Å². The first-order valence-corrected chi connectivity index (χ1v) is 10.8. The Morgan fingerprint density at radius 1 is 1.39 bits per heavy atom. The van der Waals surface area contributed by atoms with Crippen LogP contribution in [0.25, 0.3) is 10.9 Å². The topological polar surface area (TPSA) is 95.6 Å². The Bertz CT molecular complexity index is 946. The Kier molecular flexibility index (Phi) is 7.00. The number of amides is 2. The molecule has 2 atom stereocenters. The van der Waals surface area contributed by atoms with Gasteiger partial charge < -0.3 is 20.3 Å². The monoisotopic (exact) mass is 427 g/mol. The van der Waals surface area contributed by atoms with Crippen LogP contribution in [0.5, 0.6) is 5.75 Å². The normalized spacial score (nSPS) is 18.8. The van der Waals surface area contributed by atoms with Gasteiger partial charge in [0, 0.05) is 30.2 Å². The fourth-order valence-corrected chi connectivity index (χ4v) is 4.02. The third-order valence-corrected chi connectivity index (χ3v) is 5.63. The Hall–Kier alpha value is -2.87. The number of nitrogens with one attached hydrogen (secondary N) is 3. The zero-order valence-electron chi connectivity index (χ0n) is 19.0. The molecule has 1 unspecified atom stereocenters. The summed E-state index contributed by atoms with van der Waals surface area (Å²) in [6.45, 7) is 8.37. The Labute approximate surface area is 183 Å². The van der Waals surface area contributed by atoms with Crippen molar-refractivity contribution in [3.8, 4) is 5.75 Å². The van der Waals surface area contributed by atoms with Crippen LogP contribution < -0.4 is 20.7 Å². The minimum Gasteiger partial charge on any atom is -0.497 e. The number of rotatable bonds is 9. The molecule has 168 valence electrons. The molecule has 1 aromatic carbocycles. The van der Waals surface area contributed by atoms with Gasteiger partial charge in [0.2, 0.25) is 11.8 Å². The van der Waals surface area contributed by atoms with Gasteiger partial charge in [0.1, 0.15) is 12.3 Å². The van der Waals surface area contributed by atoms with Gasteiger partial charge in [0.05, 0.1) is 30.0 Å². The van der Waals surface area contributed by atoms with Gasteiger partial charge >= 0.3 is 0 Å². The Balaban J connectivity index is 1.47. The van der Waals surface area contributed by atoms with Crippen molar-refractivity contribution in [3.05, 3.63) is 30.5 Å². The van der Waals surface area contributed by atoms with E-state index in [9.17, 15) is 9.59 Å². The molecule has 0 spiro atoms. The number of carbonyl (C=O) groups excluding carboxylic acids is 2. The van der Waals surface area contributed by atoms with Crippen LogP contribution in [0.2, 0.25) is 0 Å². The summed E-state index contributed by atoms with van der Waals surface area (Å²) in [6.07, 6.45) is 3.47. The van der Waals surface area contributed by atoms with E-state index >= 15 is 0 Å². The minimum atomic E-state index is -0.514. The lowest BCUT2D eigenvalue weighted by Crippen LogP contribution is -2.51. The number of carbonyl (C=O) groups is 2. The van der Waals surface area contributed by atoms with E-state index in [4.69, 9.17) is 4.74 Å². The maximum Gasteiger partial charge on any atom is 0.241 e. The number of nitrogens with zero attached hydrogens (tertiary/aromatic N) is 2. The molecule has 2 amide bonds. The van der Waals surface area contributed by atoms with Crippen molar-refractivity contribution >= 4 is 28.4 Å². The SMILES string of the molecule is COc1cc(NC(C)CCCNC(=O)CN2C(=O)[C@H](C)NC2(C)C)c2ncccc2c1. The molecule has 3 rings (SSSR count). The standard InChI is InChI=1S/C23H33N5O3/c1-15(26-19-13-18(31-5)12-17-9-7-11-25-21(17)19)8-6-10-24-20(29)14-28-22(30)16(2)27-23(28,3)4/h7,9,11-13,15-16,26-27H,6,8,10,14H2,1-5H3,(H,24,29)/t15?,16-/m0/s1. The van der Waals surface area contributed by atoms with Crippen molar-refractivity contribution in [2.24, 2.45) is 0 Å². The van der Waals surface area contributed by atoms with E-state index in [0.717, 1.165) is 35.2 Å². The van der Waals surface area contributed by atoms with Crippen LogP contribution >= 0.6 is 0 Å². The van der Waals surface area contributed by atoms with Crippen LogP contribution in [0, 0.1) is 0 Å². The summed E-state index contributed by atoms with van der Waals surface area (Å²) in [5.41, 5.74) is 1.33. The van der Waals surface area contributed by atoms with E-state index in [2.05, 4.69) is 27.9 Å². The highest BCUT2D eigenvalue weighted by molar-refractivity contribution is 5.92. The average Bonchev–Trinajstić information content (AvgIpc) is 2.92. The summed E-state index contributed by atoms with van der Waals surface area (Å²) >= 11 is 0. The first-order chi connectivity index (χ1) is 14.7. The first kappa shape index (κ1) is 22.8. The molecule has 31 heavy (non-hydrogen) atoms. The smallest absolute Gasteiger partial charge is 0.241 e. The molecule has 1 aromatic heterocycles. The van der Waals surface area contributed by atoms with E-state index in [0.29, 0.717) is 6.54 Å². The van der Waals surface area contributed by atoms with E-state index in [-0.39, 0.29) is 30.4 Å². The van der Waals surface area contributed by atoms with Crippen LogP contribution in [-0.4, -0.2) is 59.6 Å². The predicted molar refractivity (Wildman–Crippen MR) is 122 cm³/mol. The van der Waals surface area contributed by atoms with Gasteiger partial charge in [-0.05, 0) is 52.7 Å². The molecule has 0 saturated carbocycles. The summed E-state index contributed by atoms with van der Waals surface area (Å²) in [6, 6.07) is 7.77. The summed E-state index contributed by atoms with van der Waals surface area (Å²) < 4.78 is 5.41. The summed E-state index contributed by atoms with van der Waals surface area (Å²) in [5, 5.41) is 10.7. The van der Waals surface area contributed by atoms with Crippen molar-refractivity contribution in [1.82, 2.24) is 20.5 Å². The van der Waals surface area contributed by atoms with Crippen LogP contribution in [0.3, 0.4) is 0 Å². The summed E-state index contributed by atoms with van der Waals surface area (Å²) in [4.78, 5) is 30.7. The highest BCUT2D eigenvalue weighted by atomic mass is 16.5. The Morgan fingerprint density at radius 2 is 2.16 bits per heavy atom. The molecule has 8 nitrogen and oxygen atoms in total. The average molecular weight is 428 g/mol. The fraction of sp³-hybridized carbons (Fsp3) is 0.522. The van der Waals surface area contributed by atoms with Crippen LogP contribution in [0.1, 0.15) is 40.5 Å². The molecular weight excluding hydrogens is 394 g/mol. The first-order valence-electron chi connectivity index (χ1n) is 10.8. The van der Waals surface area contributed by atoms with Gasteiger partial charge in [-0.25, -0.2) is 0 Å². The summed E-state index contributed by atoms with van der Waals surface area (Å²) in [5.74, 6) is 0.601. The lowest BCUT2D eigenvalue weighted by atomic mass is 10.1. The molecule has 1 aliphatic rings. The second kappa shape index (κ2) is 9.51. The van der Waals surface area contributed by atoms with Crippen molar-refractivity contribution in [3.63, 3.8) is 0 Å². The number of hydrogen-bond donors (Lipinski definition) is 3. The third-order valence-electron chi connectivity index (χ3n) is 5.63. The number of methoxy groups -OCH3 is 1. The van der Waals surface area contributed by atoms with Gasteiger partial charge in [-0.1, -0.05) is 6.07 Å². The minimum absolute atomic E-state index is 0.0444. The number of hydrogen-bond acceptors (Lipinski definition) is 6. The number of anilines is 1. The molecule has 0 bridgehead atoms. The number of fused-ring (bicyclic) bond motifs is 1. The van der Waals surface area contributed by atoms with E-state index in [1.54, 1.807) is 18.2 Å². The molecule has 3 N–H and O–H groups in total. The number of benzene rings is 1. The maximum atomic E-state index is 12.3. The highest BCUT2D eigenvalue weighted by Gasteiger charge is 2.42. The maximum absolute atomic E-state index is 12.3. The van der Waals surface area contributed by atoms with Crippen molar-refractivity contribution in [1.29, 1.82) is 0 Å². The van der Waals surface area contributed by atoms with Crippen LogP contribution in [0.15, 0.2) is 30.5 Å². The fourth-order valence-electron chi connectivity index (χ4n) is 4.02. The van der Waals surface area contributed by atoms with Crippen molar-refractivity contribution in [2.75, 3.05) is 25.5 Å². The van der Waals surface area contributed by atoms with Crippen LogP contribution in [0.4, 0.5) is 5.69 Å². The zero-order chi connectivity index (χ0) is 22.6. The lowest BCUT2D eigenvalue weighted by molar-refractivity contribution is -0.136. The molecule has 8 heteroatoms.